The number of hydrogen-bond acceptors (Lipinski definition) is 4. The summed E-state index contributed by atoms with van der Waals surface area (Å²) in [5.41, 5.74) is 2.21. The maximum absolute atomic E-state index is 6.10. The lowest BCUT2D eigenvalue weighted by atomic mass is 10.3. The molecule has 0 radical (unpaired) electrons. The predicted octanol–water partition coefficient (Wildman–Crippen LogP) is 2.85. The Morgan fingerprint density at radius 3 is 2.76 bits per heavy atom. The molecule has 1 saturated heterocycles. The largest absolute Gasteiger partial charge is 0.487 e. The topological polar surface area (TPSA) is 39.5 Å². The molecule has 5 nitrogen and oxygen atoms in total. The Morgan fingerprint density at radius 1 is 1.12 bits per heavy atom. The molecule has 1 fully saturated rings. The van der Waals surface area contributed by atoms with Crippen molar-refractivity contribution >= 4 is 11.0 Å². The third kappa shape index (κ3) is 3.67. The molecular formula is C20H23N3O2. The summed E-state index contributed by atoms with van der Waals surface area (Å²) in [5, 5.41) is 0. The van der Waals surface area contributed by atoms with Gasteiger partial charge in [-0.3, -0.25) is 4.90 Å². The van der Waals surface area contributed by atoms with Gasteiger partial charge in [-0.15, -0.1) is 0 Å². The van der Waals surface area contributed by atoms with Crippen LogP contribution in [0.2, 0.25) is 0 Å². The van der Waals surface area contributed by atoms with Crippen LogP contribution >= 0.6 is 0 Å². The van der Waals surface area contributed by atoms with Crippen molar-refractivity contribution in [1.29, 1.82) is 0 Å². The van der Waals surface area contributed by atoms with Gasteiger partial charge in [0.2, 0.25) is 0 Å². The molecule has 25 heavy (non-hydrogen) atoms. The zero-order valence-electron chi connectivity index (χ0n) is 14.5. The summed E-state index contributed by atoms with van der Waals surface area (Å²) < 4.78 is 14.0. The maximum Gasteiger partial charge on any atom is 0.135 e. The van der Waals surface area contributed by atoms with Gasteiger partial charge in [0.1, 0.15) is 17.7 Å². The predicted molar refractivity (Wildman–Crippen MR) is 97.7 cm³/mol. The first-order chi connectivity index (χ1) is 12.3. The highest BCUT2D eigenvalue weighted by atomic mass is 16.5. The number of nitrogens with zero attached hydrogens (tertiary/aromatic N) is 3. The van der Waals surface area contributed by atoms with E-state index in [1.807, 2.05) is 36.4 Å². The fraction of sp³-hybridized carbons (Fsp3) is 0.350. The highest BCUT2D eigenvalue weighted by molar-refractivity contribution is 5.75. The highest BCUT2D eigenvalue weighted by Crippen LogP contribution is 2.18. The molecule has 1 aliphatic heterocycles. The molecule has 2 heterocycles. The SMILES string of the molecule is Cn1c(CN2CCOCC(Oc3ccccc3)C2)nc2ccccc21. The Balaban J connectivity index is 1.48. The summed E-state index contributed by atoms with van der Waals surface area (Å²) in [6.45, 7) is 3.85. The second kappa shape index (κ2) is 7.25. The van der Waals surface area contributed by atoms with Crippen LogP contribution in [0.1, 0.15) is 5.82 Å². The number of rotatable bonds is 4. The quantitative estimate of drug-likeness (QED) is 0.734. The number of hydrogen-bond donors (Lipinski definition) is 0. The van der Waals surface area contributed by atoms with Gasteiger partial charge in [0.15, 0.2) is 0 Å². The lowest BCUT2D eigenvalue weighted by molar-refractivity contribution is 0.0710. The zero-order chi connectivity index (χ0) is 17.1. The maximum atomic E-state index is 6.10. The third-order valence-electron chi connectivity index (χ3n) is 4.61. The summed E-state index contributed by atoms with van der Waals surface area (Å²) in [7, 11) is 2.08. The molecule has 3 aromatic rings. The first kappa shape index (κ1) is 16.1. The van der Waals surface area contributed by atoms with Crippen molar-refractivity contribution in [2.75, 3.05) is 26.3 Å². The molecule has 1 aromatic heterocycles. The third-order valence-corrected chi connectivity index (χ3v) is 4.61. The molecule has 4 rings (SSSR count). The minimum absolute atomic E-state index is 0.0274. The number of imidazole rings is 1. The number of benzene rings is 2. The van der Waals surface area contributed by atoms with Crippen molar-refractivity contribution in [3.05, 3.63) is 60.4 Å². The Bertz CT molecular complexity index is 831. The second-order valence-electron chi connectivity index (χ2n) is 6.44. The normalized spacial score (nSPS) is 19.0. The van der Waals surface area contributed by atoms with E-state index in [2.05, 4.69) is 34.7 Å². The molecule has 0 N–H and O–H groups in total. The molecule has 0 bridgehead atoms. The molecule has 0 amide bonds. The van der Waals surface area contributed by atoms with Crippen LogP contribution in [0.5, 0.6) is 5.75 Å². The van der Waals surface area contributed by atoms with Gasteiger partial charge in [0, 0.05) is 20.1 Å². The minimum Gasteiger partial charge on any atom is -0.487 e. The fourth-order valence-corrected chi connectivity index (χ4v) is 3.28. The van der Waals surface area contributed by atoms with E-state index >= 15 is 0 Å². The molecule has 1 aliphatic rings. The van der Waals surface area contributed by atoms with E-state index in [4.69, 9.17) is 14.5 Å². The van der Waals surface area contributed by atoms with Crippen LogP contribution in [0.15, 0.2) is 54.6 Å². The molecular weight excluding hydrogens is 314 g/mol. The number of fused-ring (bicyclic) bond motifs is 1. The first-order valence-electron chi connectivity index (χ1n) is 8.72. The van der Waals surface area contributed by atoms with Crippen molar-refractivity contribution in [2.45, 2.75) is 12.6 Å². The van der Waals surface area contributed by atoms with Crippen LogP contribution in [0.4, 0.5) is 0 Å². The van der Waals surface area contributed by atoms with E-state index in [1.165, 1.54) is 5.52 Å². The van der Waals surface area contributed by atoms with Crippen LogP contribution in [0, 0.1) is 0 Å². The van der Waals surface area contributed by atoms with Gasteiger partial charge in [0.05, 0.1) is 30.8 Å². The first-order valence-corrected chi connectivity index (χ1v) is 8.72. The van der Waals surface area contributed by atoms with E-state index < -0.39 is 0 Å². The lowest BCUT2D eigenvalue weighted by Gasteiger charge is -2.23. The lowest BCUT2D eigenvalue weighted by Crippen LogP contribution is -2.36. The van der Waals surface area contributed by atoms with E-state index in [0.29, 0.717) is 6.61 Å². The Morgan fingerprint density at radius 2 is 1.92 bits per heavy atom. The number of ether oxygens (including phenoxy) is 2. The highest BCUT2D eigenvalue weighted by Gasteiger charge is 2.21. The van der Waals surface area contributed by atoms with Gasteiger partial charge in [0.25, 0.3) is 0 Å². The monoisotopic (exact) mass is 337 g/mol. The van der Waals surface area contributed by atoms with Crippen LogP contribution in [-0.4, -0.2) is 46.9 Å². The van der Waals surface area contributed by atoms with Gasteiger partial charge < -0.3 is 14.0 Å². The Hall–Kier alpha value is -2.37. The Kier molecular flexibility index (Phi) is 4.68. The molecule has 0 spiro atoms. The van der Waals surface area contributed by atoms with E-state index in [1.54, 1.807) is 0 Å². The summed E-state index contributed by atoms with van der Waals surface area (Å²) in [6.07, 6.45) is 0.0274. The molecule has 1 atom stereocenters. The average Bonchev–Trinajstić information content (AvgIpc) is 2.80. The zero-order valence-corrected chi connectivity index (χ0v) is 14.5. The fourth-order valence-electron chi connectivity index (χ4n) is 3.28. The van der Waals surface area contributed by atoms with Gasteiger partial charge in [-0.1, -0.05) is 30.3 Å². The summed E-state index contributed by atoms with van der Waals surface area (Å²) in [4.78, 5) is 7.15. The molecule has 0 saturated carbocycles. The van der Waals surface area contributed by atoms with E-state index in [0.717, 1.165) is 43.3 Å². The Labute approximate surface area is 147 Å². The number of aromatic nitrogens is 2. The van der Waals surface area contributed by atoms with Crippen molar-refractivity contribution in [3.63, 3.8) is 0 Å². The van der Waals surface area contributed by atoms with Crippen molar-refractivity contribution < 1.29 is 9.47 Å². The van der Waals surface area contributed by atoms with Gasteiger partial charge in [-0.25, -0.2) is 4.98 Å². The average molecular weight is 337 g/mol. The minimum atomic E-state index is 0.0274. The number of aryl methyl sites for hydroxylation is 1. The van der Waals surface area contributed by atoms with Crippen molar-refractivity contribution in [1.82, 2.24) is 14.5 Å². The van der Waals surface area contributed by atoms with Gasteiger partial charge in [-0.2, -0.15) is 0 Å². The van der Waals surface area contributed by atoms with Crippen molar-refractivity contribution in [2.24, 2.45) is 7.05 Å². The molecule has 1 unspecified atom stereocenters. The van der Waals surface area contributed by atoms with Crippen LogP contribution < -0.4 is 4.74 Å². The summed E-state index contributed by atoms with van der Waals surface area (Å²) in [6, 6.07) is 18.2. The van der Waals surface area contributed by atoms with Gasteiger partial charge in [-0.05, 0) is 24.3 Å². The molecule has 0 aliphatic carbocycles. The summed E-state index contributed by atoms with van der Waals surface area (Å²) in [5.74, 6) is 1.96. The smallest absolute Gasteiger partial charge is 0.135 e. The molecule has 5 heteroatoms. The number of para-hydroxylation sites is 3. The van der Waals surface area contributed by atoms with Crippen molar-refractivity contribution in [3.8, 4) is 5.75 Å². The van der Waals surface area contributed by atoms with E-state index in [-0.39, 0.29) is 6.10 Å². The standard InChI is InChI=1S/C20H23N3O2/c1-22-19-10-6-5-9-18(19)21-20(22)14-23-11-12-24-15-17(13-23)25-16-7-3-2-4-8-16/h2-10,17H,11-15H2,1H3. The van der Waals surface area contributed by atoms with E-state index in [9.17, 15) is 0 Å². The van der Waals surface area contributed by atoms with Crippen LogP contribution in [0.25, 0.3) is 11.0 Å². The van der Waals surface area contributed by atoms with Crippen LogP contribution in [-0.2, 0) is 18.3 Å². The second-order valence-corrected chi connectivity index (χ2v) is 6.44. The molecule has 2 aromatic carbocycles. The van der Waals surface area contributed by atoms with Crippen LogP contribution in [0.3, 0.4) is 0 Å². The molecule has 130 valence electrons. The van der Waals surface area contributed by atoms with Gasteiger partial charge >= 0.3 is 0 Å². The summed E-state index contributed by atoms with van der Waals surface area (Å²) >= 11 is 0.